The molecule has 0 aliphatic heterocycles. The van der Waals surface area contributed by atoms with E-state index in [0.29, 0.717) is 0 Å². The number of unbranched alkanes of at least 4 members (excludes halogenated alkanes) is 1. The highest BCUT2D eigenvalue weighted by atomic mass is 14.6. The highest BCUT2D eigenvalue weighted by molar-refractivity contribution is 5.97. The van der Waals surface area contributed by atoms with Gasteiger partial charge in [-0.2, -0.15) is 0 Å². The number of rotatable bonds is 6. The maximum absolute atomic E-state index is 6.35. The molecule has 1 unspecified atom stereocenters. The van der Waals surface area contributed by atoms with Crippen LogP contribution >= 0.6 is 0 Å². The minimum atomic E-state index is 0.242. The summed E-state index contributed by atoms with van der Waals surface area (Å²) in [7, 11) is 0. The van der Waals surface area contributed by atoms with Crippen molar-refractivity contribution in [2.45, 2.75) is 38.6 Å². The van der Waals surface area contributed by atoms with Crippen LogP contribution in [-0.4, -0.2) is 6.04 Å². The fraction of sp³-hybridized carbons (Fsp3) is 0.273. The third-order valence-electron chi connectivity index (χ3n) is 4.51. The summed E-state index contributed by atoms with van der Waals surface area (Å²) in [5.41, 5.74) is 10.3. The van der Waals surface area contributed by atoms with Crippen LogP contribution in [0.2, 0.25) is 0 Å². The molecule has 0 radical (unpaired) electrons. The standard InChI is InChI=1S/C22H25N/c1-2-3-12-19(23)16-18-10-5-7-14-21(18)22-15-8-11-17-9-4-6-13-20(17)22/h4-11,13-15,19H,2-3,12,16,23H2,1H3. The molecule has 1 atom stereocenters. The molecule has 0 heterocycles. The number of hydrogen-bond donors (Lipinski definition) is 1. The molecule has 0 saturated carbocycles. The summed E-state index contributed by atoms with van der Waals surface area (Å²) in [6, 6.07) is 24.1. The van der Waals surface area contributed by atoms with E-state index in [2.05, 4.69) is 73.7 Å². The van der Waals surface area contributed by atoms with Crippen molar-refractivity contribution in [3.05, 3.63) is 72.3 Å². The van der Waals surface area contributed by atoms with Crippen LogP contribution in [0, 0.1) is 0 Å². The van der Waals surface area contributed by atoms with Gasteiger partial charge in [-0.25, -0.2) is 0 Å². The third-order valence-corrected chi connectivity index (χ3v) is 4.51. The minimum absolute atomic E-state index is 0.242. The minimum Gasteiger partial charge on any atom is -0.327 e. The van der Waals surface area contributed by atoms with Gasteiger partial charge in [0.25, 0.3) is 0 Å². The van der Waals surface area contributed by atoms with E-state index in [-0.39, 0.29) is 6.04 Å². The van der Waals surface area contributed by atoms with Crippen molar-refractivity contribution in [2.24, 2.45) is 5.73 Å². The normalized spacial score (nSPS) is 12.4. The second-order valence-electron chi connectivity index (χ2n) is 6.29. The van der Waals surface area contributed by atoms with E-state index in [4.69, 9.17) is 5.73 Å². The lowest BCUT2D eigenvalue weighted by Gasteiger charge is -2.16. The summed E-state index contributed by atoms with van der Waals surface area (Å²) in [5.74, 6) is 0. The smallest absolute Gasteiger partial charge is 0.00795 e. The summed E-state index contributed by atoms with van der Waals surface area (Å²) in [6.07, 6.45) is 4.45. The molecule has 118 valence electrons. The fourth-order valence-corrected chi connectivity index (χ4v) is 3.27. The number of hydrogen-bond acceptors (Lipinski definition) is 1. The molecule has 0 fully saturated rings. The van der Waals surface area contributed by atoms with E-state index in [0.717, 1.165) is 12.8 Å². The number of nitrogens with two attached hydrogens (primary N) is 1. The first kappa shape index (κ1) is 15.8. The van der Waals surface area contributed by atoms with Gasteiger partial charge < -0.3 is 5.73 Å². The van der Waals surface area contributed by atoms with Crippen molar-refractivity contribution in [1.82, 2.24) is 0 Å². The lowest BCUT2D eigenvalue weighted by Crippen LogP contribution is -2.22. The van der Waals surface area contributed by atoms with E-state index in [1.54, 1.807) is 0 Å². The van der Waals surface area contributed by atoms with Crippen LogP contribution in [0.25, 0.3) is 21.9 Å². The first-order valence-corrected chi connectivity index (χ1v) is 8.61. The van der Waals surface area contributed by atoms with Gasteiger partial charge >= 0.3 is 0 Å². The molecule has 0 amide bonds. The van der Waals surface area contributed by atoms with Gasteiger partial charge in [0.15, 0.2) is 0 Å². The van der Waals surface area contributed by atoms with Crippen LogP contribution in [0.3, 0.4) is 0 Å². The Balaban J connectivity index is 1.99. The van der Waals surface area contributed by atoms with Gasteiger partial charge in [0.1, 0.15) is 0 Å². The van der Waals surface area contributed by atoms with Crippen LogP contribution in [0.1, 0.15) is 31.7 Å². The van der Waals surface area contributed by atoms with Gasteiger partial charge in [-0.3, -0.25) is 0 Å². The van der Waals surface area contributed by atoms with Gasteiger partial charge in [0.05, 0.1) is 0 Å². The fourth-order valence-electron chi connectivity index (χ4n) is 3.27. The number of fused-ring (bicyclic) bond motifs is 1. The van der Waals surface area contributed by atoms with Gasteiger partial charge in [0, 0.05) is 6.04 Å². The maximum Gasteiger partial charge on any atom is 0.00795 e. The lowest BCUT2D eigenvalue weighted by molar-refractivity contribution is 0.574. The van der Waals surface area contributed by atoms with E-state index in [1.165, 1.54) is 40.3 Å². The monoisotopic (exact) mass is 303 g/mol. The Hall–Kier alpha value is -2.12. The zero-order valence-electron chi connectivity index (χ0n) is 13.8. The maximum atomic E-state index is 6.35. The van der Waals surface area contributed by atoms with Crippen molar-refractivity contribution in [1.29, 1.82) is 0 Å². The first-order valence-electron chi connectivity index (χ1n) is 8.61. The van der Waals surface area contributed by atoms with E-state index in [1.807, 2.05) is 0 Å². The van der Waals surface area contributed by atoms with Crippen LogP contribution in [-0.2, 0) is 6.42 Å². The predicted octanol–water partition coefficient (Wildman–Crippen LogP) is 5.57. The average Bonchev–Trinajstić information content (AvgIpc) is 2.60. The molecule has 3 aromatic carbocycles. The van der Waals surface area contributed by atoms with Crippen molar-refractivity contribution in [3.63, 3.8) is 0 Å². The highest BCUT2D eigenvalue weighted by Crippen LogP contribution is 2.31. The first-order chi connectivity index (χ1) is 11.3. The van der Waals surface area contributed by atoms with Crippen LogP contribution in [0.4, 0.5) is 0 Å². The molecule has 0 bridgehead atoms. The predicted molar refractivity (Wildman–Crippen MR) is 101 cm³/mol. The Morgan fingerprint density at radius 3 is 2.39 bits per heavy atom. The van der Waals surface area contributed by atoms with Crippen molar-refractivity contribution < 1.29 is 0 Å². The summed E-state index contributed by atoms with van der Waals surface area (Å²) in [6.45, 7) is 2.22. The zero-order chi connectivity index (χ0) is 16.1. The molecule has 3 aromatic rings. The second-order valence-corrected chi connectivity index (χ2v) is 6.29. The molecule has 1 nitrogen and oxygen atoms in total. The lowest BCUT2D eigenvalue weighted by atomic mass is 9.91. The molecule has 2 N–H and O–H groups in total. The van der Waals surface area contributed by atoms with E-state index in [9.17, 15) is 0 Å². The van der Waals surface area contributed by atoms with E-state index >= 15 is 0 Å². The topological polar surface area (TPSA) is 26.0 Å². The molecular weight excluding hydrogens is 278 g/mol. The Morgan fingerprint density at radius 1 is 0.826 bits per heavy atom. The molecule has 0 aromatic heterocycles. The highest BCUT2D eigenvalue weighted by Gasteiger charge is 2.11. The molecule has 23 heavy (non-hydrogen) atoms. The summed E-state index contributed by atoms with van der Waals surface area (Å²) >= 11 is 0. The Kier molecular flexibility index (Phi) is 5.09. The van der Waals surface area contributed by atoms with Gasteiger partial charge in [-0.15, -0.1) is 0 Å². The third kappa shape index (κ3) is 3.62. The van der Waals surface area contributed by atoms with Crippen LogP contribution < -0.4 is 5.73 Å². The second kappa shape index (κ2) is 7.43. The molecule has 0 aliphatic rings. The molecular formula is C22H25N. The van der Waals surface area contributed by atoms with Crippen molar-refractivity contribution in [3.8, 4) is 11.1 Å². The Bertz CT molecular complexity index is 770. The largest absolute Gasteiger partial charge is 0.327 e. The summed E-state index contributed by atoms with van der Waals surface area (Å²) in [4.78, 5) is 0. The Morgan fingerprint density at radius 2 is 1.52 bits per heavy atom. The zero-order valence-corrected chi connectivity index (χ0v) is 13.8. The number of benzene rings is 3. The Labute approximate surface area is 139 Å². The average molecular weight is 303 g/mol. The van der Waals surface area contributed by atoms with Crippen LogP contribution in [0.15, 0.2) is 66.7 Å². The van der Waals surface area contributed by atoms with Crippen molar-refractivity contribution in [2.75, 3.05) is 0 Å². The van der Waals surface area contributed by atoms with Gasteiger partial charge in [-0.1, -0.05) is 86.5 Å². The molecule has 1 heteroatoms. The van der Waals surface area contributed by atoms with Gasteiger partial charge in [-0.05, 0) is 40.3 Å². The summed E-state index contributed by atoms with van der Waals surface area (Å²) in [5, 5.41) is 2.60. The molecule has 0 spiro atoms. The van der Waals surface area contributed by atoms with Crippen molar-refractivity contribution >= 4 is 10.8 Å². The SMILES string of the molecule is CCCCC(N)Cc1ccccc1-c1cccc2ccccc12. The van der Waals surface area contributed by atoms with Crippen LogP contribution in [0.5, 0.6) is 0 Å². The molecule has 0 saturated heterocycles. The molecule has 3 rings (SSSR count). The van der Waals surface area contributed by atoms with E-state index < -0.39 is 0 Å². The van der Waals surface area contributed by atoms with Gasteiger partial charge in [0.2, 0.25) is 0 Å². The quantitative estimate of drug-likeness (QED) is 0.633. The molecule has 0 aliphatic carbocycles. The summed E-state index contributed by atoms with van der Waals surface area (Å²) < 4.78 is 0.